The van der Waals surface area contributed by atoms with Crippen molar-refractivity contribution in [3.8, 4) is 0 Å². The molecule has 4 rings (SSSR count). The summed E-state index contributed by atoms with van der Waals surface area (Å²) >= 11 is 0. The van der Waals surface area contributed by atoms with Gasteiger partial charge in [0.2, 0.25) is 5.91 Å². The number of hydrogen-bond donors (Lipinski definition) is 2. The number of hydrogen-bond acceptors (Lipinski definition) is 5. The van der Waals surface area contributed by atoms with E-state index in [4.69, 9.17) is 9.26 Å². The molecule has 1 aliphatic rings. The number of ether oxygens (including phenoxy) is 1. The zero-order valence-corrected chi connectivity index (χ0v) is 14.7. The highest BCUT2D eigenvalue weighted by Crippen LogP contribution is 2.27. The Balaban J connectivity index is 1.31. The van der Waals surface area contributed by atoms with Gasteiger partial charge in [-0.25, -0.2) is 0 Å². The number of amides is 1. The van der Waals surface area contributed by atoms with Crippen molar-refractivity contribution in [2.45, 2.75) is 38.7 Å². The zero-order valence-electron chi connectivity index (χ0n) is 14.7. The van der Waals surface area contributed by atoms with Crippen LogP contribution >= 0.6 is 0 Å². The second kappa shape index (κ2) is 7.29. The number of nitrogens with zero attached hydrogens (tertiary/aromatic N) is 2. The number of carbonyl (C=O) groups excluding carboxylic acids is 1. The quantitative estimate of drug-likeness (QED) is 0.710. The molecule has 1 fully saturated rings. The minimum Gasteiger partial charge on any atom is -0.368 e. The van der Waals surface area contributed by atoms with Crippen LogP contribution in [0.1, 0.15) is 41.9 Å². The van der Waals surface area contributed by atoms with E-state index >= 15 is 0 Å². The molecule has 0 spiro atoms. The van der Waals surface area contributed by atoms with Crippen molar-refractivity contribution in [1.82, 2.24) is 20.4 Å². The van der Waals surface area contributed by atoms with Crippen molar-refractivity contribution in [2.24, 2.45) is 0 Å². The van der Waals surface area contributed by atoms with E-state index in [1.165, 1.54) is 0 Å². The Bertz CT molecular complexity index is 909. The van der Waals surface area contributed by atoms with Crippen LogP contribution in [-0.2, 0) is 22.4 Å². The lowest BCUT2D eigenvalue weighted by molar-refractivity contribution is -0.120. The predicted molar refractivity (Wildman–Crippen MR) is 95.7 cm³/mol. The van der Waals surface area contributed by atoms with Gasteiger partial charge in [-0.15, -0.1) is 0 Å². The zero-order chi connectivity index (χ0) is 17.9. The van der Waals surface area contributed by atoms with Crippen molar-refractivity contribution >= 4 is 16.8 Å². The molecule has 0 radical (unpaired) electrons. The SMILES string of the molecule is Cc1[nH]c2ccccc2c1CC(=O)NCCc1noc([C@H]2CCCO2)n1. The number of aromatic amines is 1. The molecule has 1 aliphatic heterocycles. The fraction of sp³-hybridized carbons (Fsp3) is 0.421. The molecule has 1 atom stereocenters. The molecule has 3 heterocycles. The summed E-state index contributed by atoms with van der Waals surface area (Å²) in [6.45, 7) is 3.21. The highest BCUT2D eigenvalue weighted by Gasteiger charge is 2.23. The van der Waals surface area contributed by atoms with Gasteiger partial charge in [-0.2, -0.15) is 4.98 Å². The normalized spacial score (nSPS) is 17.0. The van der Waals surface area contributed by atoms with Crippen LogP contribution in [0.25, 0.3) is 10.9 Å². The van der Waals surface area contributed by atoms with Crippen LogP contribution in [0.3, 0.4) is 0 Å². The first-order valence-corrected chi connectivity index (χ1v) is 8.97. The lowest BCUT2D eigenvalue weighted by Crippen LogP contribution is -2.27. The van der Waals surface area contributed by atoms with Gasteiger partial charge in [0.1, 0.15) is 6.10 Å². The number of rotatable bonds is 6. The van der Waals surface area contributed by atoms with Gasteiger partial charge in [0.05, 0.1) is 6.42 Å². The molecule has 136 valence electrons. The third-order valence-electron chi connectivity index (χ3n) is 4.72. The molecular formula is C19H22N4O3. The lowest BCUT2D eigenvalue weighted by atomic mass is 10.1. The van der Waals surface area contributed by atoms with Crippen LogP contribution in [-0.4, -0.2) is 34.2 Å². The van der Waals surface area contributed by atoms with Crippen LogP contribution < -0.4 is 5.32 Å². The van der Waals surface area contributed by atoms with Gasteiger partial charge in [-0.05, 0) is 31.4 Å². The van der Waals surface area contributed by atoms with E-state index in [0.717, 1.165) is 41.6 Å². The first-order chi connectivity index (χ1) is 12.7. The molecule has 0 aliphatic carbocycles. The Morgan fingerprint density at radius 1 is 1.38 bits per heavy atom. The maximum Gasteiger partial charge on any atom is 0.255 e. The molecule has 2 N–H and O–H groups in total. The summed E-state index contributed by atoms with van der Waals surface area (Å²) in [6, 6.07) is 8.02. The largest absolute Gasteiger partial charge is 0.368 e. The number of aryl methyl sites for hydroxylation is 1. The molecule has 26 heavy (non-hydrogen) atoms. The van der Waals surface area contributed by atoms with Gasteiger partial charge in [0.15, 0.2) is 5.82 Å². The number of para-hydroxylation sites is 1. The number of carbonyl (C=O) groups is 1. The number of aromatic nitrogens is 3. The maximum atomic E-state index is 12.3. The summed E-state index contributed by atoms with van der Waals surface area (Å²) in [5, 5.41) is 8.00. The molecule has 0 bridgehead atoms. The molecule has 7 nitrogen and oxygen atoms in total. The van der Waals surface area contributed by atoms with E-state index in [-0.39, 0.29) is 12.0 Å². The van der Waals surface area contributed by atoms with Crippen LogP contribution in [0.4, 0.5) is 0 Å². The monoisotopic (exact) mass is 354 g/mol. The molecule has 3 aromatic rings. The summed E-state index contributed by atoms with van der Waals surface area (Å²) in [6.07, 6.45) is 2.75. The molecule has 1 aromatic carbocycles. The minimum atomic E-state index is -0.0734. The molecule has 7 heteroatoms. The van der Waals surface area contributed by atoms with Crippen LogP contribution in [0, 0.1) is 6.92 Å². The third kappa shape index (κ3) is 3.48. The maximum absolute atomic E-state index is 12.3. The Kier molecular flexibility index (Phi) is 4.71. The summed E-state index contributed by atoms with van der Waals surface area (Å²) in [5.41, 5.74) is 3.13. The molecule has 1 amide bonds. The Morgan fingerprint density at radius 2 is 2.27 bits per heavy atom. The molecule has 2 aromatic heterocycles. The van der Waals surface area contributed by atoms with Gasteiger partial charge in [0.25, 0.3) is 5.89 Å². The second-order valence-corrected chi connectivity index (χ2v) is 6.60. The van der Waals surface area contributed by atoms with Crippen LogP contribution in [0.2, 0.25) is 0 Å². The molecule has 0 saturated carbocycles. The number of H-pyrrole nitrogens is 1. The topological polar surface area (TPSA) is 93.0 Å². The third-order valence-corrected chi connectivity index (χ3v) is 4.72. The molecular weight excluding hydrogens is 332 g/mol. The van der Waals surface area contributed by atoms with Crippen molar-refractivity contribution in [2.75, 3.05) is 13.2 Å². The average molecular weight is 354 g/mol. The molecule has 0 unspecified atom stereocenters. The fourth-order valence-electron chi connectivity index (χ4n) is 3.37. The number of nitrogens with one attached hydrogen (secondary N) is 2. The number of benzene rings is 1. The van der Waals surface area contributed by atoms with Gasteiger partial charge in [-0.3, -0.25) is 4.79 Å². The van der Waals surface area contributed by atoms with E-state index in [2.05, 4.69) is 20.4 Å². The highest BCUT2D eigenvalue weighted by atomic mass is 16.5. The smallest absolute Gasteiger partial charge is 0.255 e. The van der Waals surface area contributed by atoms with Gasteiger partial charge >= 0.3 is 0 Å². The van der Waals surface area contributed by atoms with Crippen LogP contribution in [0.5, 0.6) is 0 Å². The first-order valence-electron chi connectivity index (χ1n) is 8.97. The van der Waals surface area contributed by atoms with Crippen LogP contribution in [0.15, 0.2) is 28.8 Å². The second-order valence-electron chi connectivity index (χ2n) is 6.60. The van der Waals surface area contributed by atoms with Crippen molar-refractivity contribution in [1.29, 1.82) is 0 Å². The standard InChI is InChI=1S/C19H22N4O3/c1-12-14(13-5-2-3-6-15(13)21-12)11-18(24)20-9-8-17-22-19(26-23-17)16-7-4-10-25-16/h2-3,5-6,16,21H,4,7-11H2,1H3,(H,20,24)/t16-/m1/s1. The van der Waals surface area contributed by atoms with Gasteiger partial charge in [0, 0.05) is 36.2 Å². The summed E-state index contributed by atoms with van der Waals surface area (Å²) in [5.74, 6) is 1.12. The Morgan fingerprint density at radius 3 is 3.12 bits per heavy atom. The van der Waals surface area contributed by atoms with Crippen molar-refractivity contribution < 1.29 is 14.1 Å². The van der Waals surface area contributed by atoms with E-state index in [1.807, 2.05) is 31.2 Å². The average Bonchev–Trinajstić information content (AvgIpc) is 3.36. The van der Waals surface area contributed by atoms with E-state index in [1.54, 1.807) is 0 Å². The molecule has 1 saturated heterocycles. The van der Waals surface area contributed by atoms with Crippen molar-refractivity contribution in [3.63, 3.8) is 0 Å². The Hall–Kier alpha value is -2.67. The minimum absolute atomic E-state index is 0.0132. The fourth-order valence-corrected chi connectivity index (χ4v) is 3.37. The lowest BCUT2D eigenvalue weighted by Gasteiger charge is -2.04. The van der Waals surface area contributed by atoms with Crippen molar-refractivity contribution in [3.05, 3.63) is 47.2 Å². The van der Waals surface area contributed by atoms with E-state index < -0.39 is 0 Å². The summed E-state index contributed by atoms with van der Waals surface area (Å²) in [4.78, 5) is 20.0. The highest BCUT2D eigenvalue weighted by molar-refractivity contribution is 5.90. The van der Waals surface area contributed by atoms with Gasteiger partial charge < -0.3 is 19.6 Å². The summed E-state index contributed by atoms with van der Waals surface area (Å²) in [7, 11) is 0. The summed E-state index contributed by atoms with van der Waals surface area (Å²) < 4.78 is 10.8. The predicted octanol–water partition coefficient (Wildman–Crippen LogP) is 2.61. The van der Waals surface area contributed by atoms with Gasteiger partial charge in [-0.1, -0.05) is 23.4 Å². The first kappa shape index (κ1) is 16.8. The number of fused-ring (bicyclic) bond motifs is 1. The van der Waals surface area contributed by atoms with E-state index in [0.29, 0.717) is 31.1 Å². The van der Waals surface area contributed by atoms with E-state index in [9.17, 15) is 4.79 Å². The Labute approximate surface area is 151 Å².